The summed E-state index contributed by atoms with van der Waals surface area (Å²) in [5, 5.41) is 3.99. The zero-order chi connectivity index (χ0) is 14.5. The number of hydrogen-bond donors (Lipinski definition) is 2. The van der Waals surface area contributed by atoms with Gasteiger partial charge in [0.25, 0.3) is 0 Å². The Kier molecular flexibility index (Phi) is 4.07. The second-order valence-electron chi connectivity index (χ2n) is 4.92. The van der Waals surface area contributed by atoms with Crippen LogP contribution in [0.25, 0.3) is 0 Å². The van der Waals surface area contributed by atoms with Gasteiger partial charge in [-0.1, -0.05) is 35.5 Å². The molecule has 3 rings (SSSR count). The Morgan fingerprint density at radius 1 is 1.19 bits per heavy atom. The zero-order valence-electron chi connectivity index (χ0n) is 11.6. The smallest absolute Gasteiger partial charge is 0.243 e. The van der Waals surface area contributed by atoms with Crippen LogP contribution in [0, 0.1) is 0 Å². The monoisotopic (exact) mass is 283 g/mol. The van der Waals surface area contributed by atoms with E-state index < -0.39 is 0 Å². The lowest BCUT2D eigenvalue weighted by molar-refractivity contribution is 0.349. The average Bonchev–Trinajstić information content (AvgIpc) is 3.17. The molecule has 21 heavy (non-hydrogen) atoms. The van der Waals surface area contributed by atoms with Gasteiger partial charge in [-0.15, -0.1) is 0 Å². The van der Waals surface area contributed by atoms with Gasteiger partial charge in [-0.2, -0.15) is 4.98 Å². The molecule has 0 radical (unpaired) electrons. The molecule has 0 saturated heterocycles. The molecule has 6 nitrogen and oxygen atoms in total. The van der Waals surface area contributed by atoms with Gasteiger partial charge in [0.2, 0.25) is 5.89 Å². The second-order valence-corrected chi connectivity index (χ2v) is 4.92. The molecule has 0 spiro atoms. The number of aromatic nitrogens is 4. The number of imidazole rings is 1. The standard InChI is InChI=1S/C15H17N5O/c16-13(8-12-9-17-10-18-12)15-19-14(20-21-15)7-6-11-4-2-1-3-5-11/h1-5,9-10,13H,6-8,16H2,(H,17,18)/t13-/m1/s1. The molecule has 1 atom stereocenters. The van der Waals surface area contributed by atoms with Gasteiger partial charge in [0, 0.05) is 24.7 Å². The Labute approximate surface area is 122 Å². The predicted molar refractivity (Wildman–Crippen MR) is 77.4 cm³/mol. The molecule has 0 unspecified atom stereocenters. The topological polar surface area (TPSA) is 93.6 Å². The number of rotatable bonds is 6. The normalized spacial score (nSPS) is 12.4. The van der Waals surface area contributed by atoms with Crippen LogP contribution in [0.4, 0.5) is 0 Å². The van der Waals surface area contributed by atoms with Crippen molar-refractivity contribution in [2.75, 3.05) is 0 Å². The van der Waals surface area contributed by atoms with Crippen molar-refractivity contribution in [2.24, 2.45) is 5.73 Å². The number of nitrogens with one attached hydrogen (secondary N) is 1. The van der Waals surface area contributed by atoms with E-state index in [0.29, 0.717) is 18.1 Å². The number of aryl methyl sites for hydroxylation is 2. The number of H-pyrrole nitrogens is 1. The van der Waals surface area contributed by atoms with E-state index in [1.807, 2.05) is 18.2 Å². The number of aromatic amines is 1. The minimum absolute atomic E-state index is 0.316. The molecule has 3 N–H and O–H groups in total. The van der Waals surface area contributed by atoms with E-state index in [1.165, 1.54) is 5.56 Å². The largest absolute Gasteiger partial charge is 0.348 e. The number of nitrogens with zero attached hydrogens (tertiary/aromatic N) is 3. The van der Waals surface area contributed by atoms with Gasteiger partial charge >= 0.3 is 0 Å². The van der Waals surface area contributed by atoms with E-state index in [4.69, 9.17) is 10.3 Å². The summed E-state index contributed by atoms with van der Waals surface area (Å²) >= 11 is 0. The third-order valence-corrected chi connectivity index (χ3v) is 3.28. The van der Waals surface area contributed by atoms with Gasteiger partial charge in [0.1, 0.15) is 0 Å². The molecule has 0 fully saturated rings. The molecule has 1 aromatic carbocycles. The summed E-state index contributed by atoms with van der Waals surface area (Å²) in [6, 6.07) is 9.91. The summed E-state index contributed by atoms with van der Waals surface area (Å²) in [4.78, 5) is 11.3. The quantitative estimate of drug-likeness (QED) is 0.719. The third-order valence-electron chi connectivity index (χ3n) is 3.28. The SMILES string of the molecule is N[C@H](Cc1cnc[nH]1)c1nc(CCc2ccccc2)no1. The van der Waals surface area contributed by atoms with Crippen LogP contribution in [0.3, 0.4) is 0 Å². The van der Waals surface area contributed by atoms with Crippen molar-refractivity contribution in [3.05, 3.63) is 65.8 Å². The van der Waals surface area contributed by atoms with Crippen LogP contribution < -0.4 is 5.73 Å². The molecule has 0 aliphatic carbocycles. The zero-order valence-corrected chi connectivity index (χ0v) is 11.6. The van der Waals surface area contributed by atoms with Crippen molar-refractivity contribution in [1.29, 1.82) is 0 Å². The predicted octanol–water partition coefficient (Wildman–Crippen LogP) is 1.82. The van der Waals surface area contributed by atoms with Crippen LogP contribution in [0.5, 0.6) is 0 Å². The van der Waals surface area contributed by atoms with Crippen LogP contribution in [-0.4, -0.2) is 20.1 Å². The van der Waals surface area contributed by atoms with Gasteiger partial charge in [0.05, 0.1) is 12.4 Å². The van der Waals surface area contributed by atoms with E-state index in [1.54, 1.807) is 12.5 Å². The highest BCUT2D eigenvalue weighted by molar-refractivity contribution is 5.15. The maximum absolute atomic E-state index is 6.06. The molecule has 2 heterocycles. The molecule has 0 aliphatic heterocycles. The Hall–Kier alpha value is -2.47. The van der Waals surface area contributed by atoms with Crippen molar-refractivity contribution < 1.29 is 4.52 Å². The maximum Gasteiger partial charge on any atom is 0.243 e. The summed E-state index contributed by atoms with van der Waals surface area (Å²) in [6.07, 6.45) is 5.59. The van der Waals surface area contributed by atoms with Gasteiger partial charge in [-0.3, -0.25) is 0 Å². The van der Waals surface area contributed by atoms with Crippen molar-refractivity contribution in [3.63, 3.8) is 0 Å². The van der Waals surface area contributed by atoms with Crippen LogP contribution in [-0.2, 0) is 19.3 Å². The number of hydrogen-bond acceptors (Lipinski definition) is 5. The lowest BCUT2D eigenvalue weighted by Crippen LogP contribution is -2.14. The van der Waals surface area contributed by atoms with E-state index in [0.717, 1.165) is 18.5 Å². The highest BCUT2D eigenvalue weighted by atomic mass is 16.5. The maximum atomic E-state index is 6.06. The van der Waals surface area contributed by atoms with E-state index >= 15 is 0 Å². The second kappa shape index (κ2) is 6.32. The Balaban J connectivity index is 1.58. The van der Waals surface area contributed by atoms with E-state index in [-0.39, 0.29) is 6.04 Å². The molecule has 6 heteroatoms. The highest BCUT2D eigenvalue weighted by Gasteiger charge is 2.15. The fourth-order valence-electron chi connectivity index (χ4n) is 2.14. The third kappa shape index (κ3) is 3.55. The van der Waals surface area contributed by atoms with Crippen molar-refractivity contribution in [1.82, 2.24) is 20.1 Å². The lowest BCUT2D eigenvalue weighted by Gasteiger charge is -2.03. The summed E-state index contributed by atoms with van der Waals surface area (Å²) in [5.74, 6) is 1.15. The van der Waals surface area contributed by atoms with Crippen LogP contribution >= 0.6 is 0 Å². The molecule has 3 aromatic rings. The van der Waals surface area contributed by atoms with Crippen molar-refractivity contribution >= 4 is 0 Å². The highest BCUT2D eigenvalue weighted by Crippen LogP contribution is 2.13. The fourth-order valence-corrected chi connectivity index (χ4v) is 2.14. The fraction of sp³-hybridized carbons (Fsp3) is 0.267. The van der Waals surface area contributed by atoms with Gasteiger partial charge < -0.3 is 15.2 Å². The first-order valence-electron chi connectivity index (χ1n) is 6.90. The summed E-state index contributed by atoms with van der Waals surface area (Å²) < 4.78 is 5.24. The van der Waals surface area contributed by atoms with Crippen molar-refractivity contribution in [2.45, 2.75) is 25.3 Å². The minimum Gasteiger partial charge on any atom is -0.348 e. The van der Waals surface area contributed by atoms with Gasteiger partial charge in [-0.05, 0) is 12.0 Å². The molecule has 2 aromatic heterocycles. The van der Waals surface area contributed by atoms with Gasteiger partial charge in [0.15, 0.2) is 5.82 Å². The first-order chi connectivity index (χ1) is 10.3. The van der Waals surface area contributed by atoms with E-state index in [2.05, 4.69) is 32.2 Å². The summed E-state index contributed by atoms with van der Waals surface area (Å²) in [5.41, 5.74) is 8.27. The Bertz CT molecular complexity index is 662. The molecule has 0 amide bonds. The molecular weight excluding hydrogens is 266 g/mol. The Morgan fingerprint density at radius 3 is 2.81 bits per heavy atom. The summed E-state index contributed by atoms with van der Waals surface area (Å²) in [6.45, 7) is 0. The molecule has 0 saturated carbocycles. The van der Waals surface area contributed by atoms with Crippen LogP contribution in [0.15, 0.2) is 47.4 Å². The van der Waals surface area contributed by atoms with Crippen molar-refractivity contribution in [3.8, 4) is 0 Å². The first kappa shape index (κ1) is 13.5. The molecule has 108 valence electrons. The molecule has 0 aliphatic rings. The minimum atomic E-state index is -0.316. The first-order valence-corrected chi connectivity index (χ1v) is 6.90. The van der Waals surface area contributed by atoms with Gasteiger partial charge in [-0.25, -0.2) is 4.98 Å². The van der Waals surface area contributed by atoms with E-state index in [9.17, 15) is 0 Å². The number of benzene rings is 1. The van der Waals surface area contributed by atoms with Crippen LogP contribution in [0.2, 0.25) is 0 Å². The lowest BCUT2D eigenvalue weighted by atomic mass is 10.1. The molecular formula is C15H17N5O. The van der Waals surface area contributed by atoms with Crippen LogP contribution in [0.1, 0.15) is 29.0 Å². The number of nitrogens with two attached hydrogens (primary N) is 1. The Morgan fingerprint density at radius 2 is 2.05 bits per heavy atom. The molecule has 0 bridgehead atoms. The summed E-state index contributed by atoms with van der Waals surface area (Å²) in [7, 11) is 0. The average molecular weight is 283 g/mol.